The highest BCUT2D eigenvalue weighted by Gasteiger charge is 2.29. The van der Waals surface area contributed by atoms with Crippen molar-refractivity contribution in [1.29, 1.82) is 0 Å². The summed E-state index contributed by atoms with van der Waals surface area (Å²) >= 11 is 0. The van der Waals surface area contributed by atoms with Crippen molar-refractivity contribution in [3.05, 3.63) is 12.2 Å². The maximum absolute atomic E-state index is 11.6. The van der Waals surface area contributed by atoms with E-state index in [-0.39, 0.29) is 5.78 Å². The number of carboxylic acids is 1. The first-order valence-electron chi connectivity index (χ1n) is 4.80. The molecule has 0 aliphatic carbocycles. The number of ketones is 1. The number of carboxylic acid groups (broad SMARTS) is 1. The second-order valence-corrected chi connectivity index (χ2v) is 3.55. The van der Waals surface area contributed by atoms with Crippen molar-refractivity contribution in [1.82, 2.24) is 0 Å². The van der Waals surface area contributed by atoms with Crippen molar-refractivity contribution < 1.29 is 14.7 Å². The second kappa shape index (κ2) is 6.31. The summed E-state index contributed by atoms with van der Waals surface area (Å²) in [6.45, 7) is 5.45. The first kappa shape index (κ1) is 13.8. The van der Waals surface area contributed by atoms with Gasteiger partial charge in [0.2, 0.25) is 0 Å². The number of nitrogens with two attached hydrogens (primary N) is 2. The Balaban J connectivity index is 4.64. The summed E-state index contributed by atoms with van der Waals surface area (Å²) in [5, 5.41) is 8.74. The molecule has 0 amide bonds. The second-order valence-electron chi connectivity index (χ2n) is 3.55. The maximum Gasteiger partial charge on any atom is 0.321 e. The molecule has 0 aliphatic rings. The number of allylic oxidation sites excluding steroid dienone is 1. The Labute approximate surface area is 89.1 Å². The van der Waals surface area contributed by atoms with E-state index in [2.05, 4.69) is 6.58 Å². The van der Waals surface area contributed by atoms with Crippen LogP contribution in [-0.2, 0) is 9.59 Å². The van der Waals surface area contributed by atoms with E-state index in [0.29, 0.717) is 25.0 Å². The van der Waals surface area contributed by atoms with Crippen LogP contribution in [0.4, 0.5) is 0 Å². The molecule has 5 nitrogen and oxygen atoms in total. The molecule has 0 radical (unpaired) electrons. The normalized spacial score (nSPS) is 14.3. The quantitative estimate of drug-likeness (QED) is 0.513. The minimum atomic E-state index is -1.18. The number of rotatable bonds is 7. The van der Waals surface area contributed by atoms with E-state index < -0.39 is 17.9 Å². The van der Waals surface area contributed by atoms with E-state index in [1.54, 1.807) is 6.92 Å². The standard InChI is InChI=1S/C10H18N2O3/c1-6(2)9(13)7(4-3-5-11)8(12)10(14)15/h7-8H,1,3-5,11-12H2,2H3,(H,14,15)/t7?,8-/m0/s1. The lowest BCUT2D eigenvalue weighted by atomic mass is 9.88. The van der Waals surface area contributed by atoms with Crippen molar-refractivity contribution in [2.75, 3.05) is 6.54 Å². The maximum atomic E-state index is 11.6. The Bertz CT molecular complexity index is 263. The van der Waals surface area contributed by atoms with Gasteiger partial charge in [-0.15, -0.1) is 0 Å². The van der Waals surface area contributed by atoms with E-state index in [4.69, 9.17) is 16.6 Å². The summed E-state index contributed by atoms with van der Waals surface area (Å²) in [4.78, 5) is 22.3. The predicted molar refractivity (Wildman–Crippen MR) is 57.2 cm³/mol. The SMILES string of the molecule is C=C(C)C(=O)C(CCCN)[C@H](N)C(=O)O. The van der Waals surface area contributed by atoms with Gasteiger partial charge in [-0.25, -0.2) is 0 Å². The molecule has 0 aromatic carbocycles. The van der Waals surface area contributed by atoms with Crippen LogP contribution in [0, 0.1) is 5.92 Å². The van der Waals surface area contributed by atoms with Gasteiger partial charge in [-0.05, 0) is 31.9 Å². The van der Waals surface area contributed by atoms with E-state index in [1.807, 2.05) is 0 Å². The lowest BCUT2D eigenvalue weighted by Crippen LogP contribution is -2.42. The molecule has 2 atom stereocenters. The van der Waals surface area contributed by atoms with Gasteiger partial charge in [-0.3, -0.25) is 9.59 Å². The molecule has 0 aromatic heterocycles. The predicted octanol–water partition coefficient (Wildman–Crippen LogP) is -0.101. The topological polar surface area (TPSA) is 106 Å². The van der Waals surface area contributed by atoms with Gasteiger partial charge in [0.25, 0.3) is 0 Å². The molecular weight excluding hydrogens is 196 g/mol. The summed E-state index contributed by atoms with van der Waals surface area (Å²) < 4.78 is 0. The highest BCUT2D eigenvalue weighted by Crippen LogP contribution is 2.15. The third-order valence-corrected chi connectivity index (χ3v) is 2.20. The monoisotopic (exact) mass is 214 g/mol. The minimum Gasteiger partial charge on any atom is -0.480 e. The molecule has 15 heavy (non-hydrogen) atoms. The molecule has 1 unspecified atom stereocenters. The third kappa shape index (κ3) is 4.22. The molecule has 0 spiro atoms. The highest BCUT2D eigenvalue weighted by molar-refractivity contribution is 5.99. The van der Waals surface area contributed by atoms with Gasteiger partial charge in [0.15, 0.2) is 5.78 Å². The molecule has 0 aromatic rings. The summed E-state index contributed by atoms with van der Waals surface area (Å²) in [5.74, 6) is -2.19. The lowest BCUT2D eigenvalue weighted by Gasteiger charge is -2.19. The average Bonchev–Trinajstić information content (AvgIpc) is 2.17. The number of hydrogen-bond acceptors (Lipinski definition) is 4. The fourth-order valence-electron chi connectivity index (χ4n) is 1.30. The van der Waals surface area contributed by atoms with Gasteiger partial charge < -0.3 is 16.6 Å². The number of Topliss-reactive ketones (excluding diaryl/α,β-unsaturated/α-hetero) is 1. The largest absolute Gasteiger partial charge is 0.480 e. The molecule has 0 fully saturated rings. The van der Waals surface area contributed by atoms with Crippen LogP contribution in [0.5, 0.6) is 0 Å². The zero-order valence-electron chi connectivity index (χ0n) is 8.90. The fourth-order valence-corrected chi connectivity index (χ4v) is 1.30. The average molecular weight is 214 g/mol. The first-order valence-corrected chi connectivity index (χ1v) is 4.80. The highest BCUT2D eigenvalue weighted by atomic mass is 16.4. The Hall–Kier alpha value is -1.20. The van der Waals surface area contributed by atoms with Crippen LogP contribution >= 0.6 is 0 Å². The Morgan fingerprint density at radius 3 is 2.33 bits per heavy atom. The van der Waals surface area contributed by atoms with Crippen LogP contribution in [0.1, 0.15) is 19.8 Å². The molecule has 86 valence electrons. The third-order valence-electron chi connectivity index (χ3n) is 2.20. The van der Waals surface area contributed by atoms with Crippen LogP contribution in [0.3, 0.4) is 0 Å². The minimum absolute atomic E-state index is 0.293. The number of carbonyl (C=O) groups excluding carboxylic acids is 1. The molecule has 0 bridgehead atoms. The van der Waals surface area contributed by atoms with E-state index in [9.17, 15) is 9.59 Å². The zero-order valence-corrected chi connectivity index (χ0v) is 8.90. The van der Waals surface area contributed by atoms with Gasteiger partial charge in [0.05, 0.1) is 0 Å². The van der Waals surface area contributed by atoms with Crippen LogP contribution in [-0.4, -0.2) is 29.4 Å². The van der Waals surface area contributed by atoms with Crippen molar-refractivity contribution in [3.63, 3.8) is 0 Å². The van der Waals surface area contributed by atoms with Crippen molar-refractivity contribution in [3.8, 4) is 0 Å². The Kier molecular flexibility index (Phi) is 5.81. The van der Waals surface area contributed by atoms with Gasteiger partial charge in [-0.1, -0.05) is 6.58 Å². The van der Waals surface area contributed by atoms with Crippen molar-refractivity contribution in [2.24, 2.45) is 17.4 Å². The van der Waals surface area contributed by atoms with E-state index in [0.717, 1.165) is 0 Å². The molecule has 0 rings (SSSR count). The van der Waals surface area contributed by atoms with E-state index in [1.165, 1.54) is 0 Å². The van der Waals surface area contributed by atoms with Crippen LogP contribution in [0.2, 0.25) is 0 Å². The number of carbonyl (C=O) groups is 2. The number of aliphatic carboxylic acids is 1. The van der Waals surface area contributed by atoms with Crippen LogP contribution < -0.4 is 11.5 Å². The molecule has 5 N–H and O–H groups in total. The summed E-state index contributed by atoms with van der Waals surface area (Å²) in [7, 11) is 0. The van der Waals surface area contributed by atoms with Crippen LogP contribution in [0.25, 0.3) is 0 Å². The summed E-state index contributed by atoms with van der Waals surface area (Å²) in [6.07, 6.45) is 0.959. The number of hydrogen-bond donors (Lipinski definition) is 3. The summed E-state index contributed by atoms with van der Waals surface area (Å²) in [6, 6.07) is -1.18. The van der Waals surface area contributed by atoms with Crippen LogP contribution in [0.15, 0.2) is 12.2 Å². The molecule has 0 saturated heterocycles. The Morgan fingerprint density at radius 1 is 1.47 bits per heavy atom. The van der Waals surface area contributed by atoms with Gasteiger partial charge in [-0.2, -0.15) is 0 Å². The summed E-state index contributed by atoms with van der Waals surface area (Å²) in [5.41, 5.74) is 11.1. The molecule has 0 saturated carbocycles. The zero-order chi connectivity index (χ0) is 12.0. The lowest BCUT2D eigenvalue weighted by molar-refractivity contribution is -0.142. The molecular formula is C10H18N2O3. The van der Waals surface area contributed by atoms with Gasteiger partial charge in [0, 0.05) is 5.92 Å². The van der Waals surface area contributed by atoms with Gasteiger partial charge in [0.1, 0.15) is 6.04 Å². The first-order chi connectivity index (χ1) is 6.91. The Morgan fingerprint density at radius 2 is 2.00 bits per heavy atom. The fraction of sp³-hybridized carbons (Fsp3) is 0.600. The smallest absolute Gasteiger partial charge is 0.321 e. The van der Waals surface area contributed by atoms with Gasteiger partial charge >= 0.3 is 5.97 Å². The van der Waals surface area contributed by atoms with Crippen molar-refractivity contribution in [2.45, 2.75) is 25.8 Å². The molecule has 0 heterocycles. The van der Waals surface area contributed by atoms with E-state index >= 15 is 0 Å². The van der Waals surface area contributed by atoms with Crippen molar-refractivity contribution >= 4 is 11.8 Å². The molecule has 5 heteroatoms. The molecule has 0 aliphatic heterocycles.